The molecule has 1 fully saturated rings. The van der Waals surface area contributed by atoms with E-state index in [4.69, 9.17) is 4.84 Å². The Kier molecular flexibility index (Phi) is 7.71. The Morgan fingerprint density at radius 1 is 1.25 bits per heavy atom. The molecule has 1 aliphatic carbocycles. The predicted molar refractivity (Wildman–Crippen MR) is 111 cm³/mol. The number of aryl methyl sites for hydroxylation is 1. The molecule has 5 nitrogen and oxygen atoms in total. The number of carbonyl (C=O) groups is 2. The third kappa shape index (κ3) is 5.39. The van der Waals surface area contributed by atoms with Gasteiger partial charge in [0.05, 0.1) is 22.7 Å². The fourth-order valence-corrected chi connectivity index (χ4v) is 3.73. The highest BCUT2D eigenvalue weighted by atomic mass is 32.1. The van der Waals surface area contributed by atoms with Crippen molar-refractivity contribution in [2.24, 2.45) is 5.92 Å². The number of anilines is 2. The van der Waals surface area contributed by atoms with E-state index in [1.807, 2.05) is 13.8 Å². The number of hydrogen-bond donors (Lipinski definition) is 2. The van der Waals surface area contributed by atoms with Crippen molar-refractivity contribution in [3.05, 3.63) is 45.6 Å². The molecule has 0 unspecified atom stereocenters. The van der Waals surface area contributed by atoms with Gasteiger partial charge in [0.25, 0.3) is 5.91 Å². The average molecular weight is 407 g/mol. The molecule has 2 N–H and O–H groups in total. The Morgan fingerprint density at radius 2 is 1.93 bits per heavy atom. The van der Waals surface area contributed by atoms with Crippen molar-refractivity contribution in [2.45, 2.75) is 47.5 Å². The fraction of sp³-hybridized carbons (Fsp3) is 0.429. The number of hydrogen-bond acceptors (Lipinski definition) is 5. The lowest BCUT2D eigenvalue weighted by atomic mass is 10.1. The summed E-state index contributed by atoms with van der Waals surface area (Å²) in [4.78, 5) is 30.2. The minimum atomic E-state index is -0.443. The molecule has 1 saturated carbocycles. The first-order valence-electron chi connectivity index (χ1n) is 9.46. The summed E-state index contributed by atoms with van der Waals surface area (Å²) in [6, 6.07) is 4.79. The van der Waals surface area contributed by atoms with Crippen LogP contribution in [0.3, 0.4) is 0 Å². The predicted octanol–water partition coefficient (Wildman–Crippen LogP) is 5.55. The van der Waals surface area contributed by atoms with Gasteiger partial charge in [0.15, 0.2) is 5.78 Å². The maximum absolute atomic E-state index is 14.2. The third-order valence-corrected chi connectivity index (χ3v) is 5.56. The second kappa shape index (κ2) is 9.80. The minimum absolute atomic E-state index is 0.141. The molecule has 0 bridgehead atoms. The summed E-state index contributed by atoms with van der Waals surface area (Å²) >= 11 is 1.14. The van der Waals surface area contributed by atoms with Gasteiger partial charge in [0.2, 0.25) is 0 Å². The number of Topliss-reactive ketones (excluding diaryl/α,β-unsaturated/α-hetero) is 1. The fourth-order valence-electron chi connectivity index (χ4n) is 2.62. The first-order chi connectivity index (χ1) is 13.4. The highest BCUT2D eigenvalue weighted by Crippen LogP contribution is 2.36. The Morgan fingerprint density at radius 3 is 2.50 bits per heavy atom. The maximum atomic E-state index is 14.2. The number of benzene rings is 1. The van der Waals surface area contributed by atoms with Gasteiger partial charge in [-0.2, -0.15) is 0 Å². The Labute approximate surface area is 169 Å². The first kappa shape index (κ1) is 22.0. The molecule has 1 aliphatic rings. The lowest BCUT2D eigenvalue weighted by Gasteiger charge is -2.10. The van der Waals surface area contributed by atoms with Crippen LogP contribution in [-0.2, 0) is 4.84 Å². The van der Waals surface area contributed by atoms with Crippen molar-refractivity contribution in [3.8, 4) is 0 Å². The molecule has 0 atom stereocenters. The number of amides is 1. The average Bonchev–Trinajstić information content (AvgIpc) is 3.41. The molecule has 0 aliphatic heterocycles. The smallest absolute Gasteiger partial charge is 0.278 e. The summed E-state index contributed by atoms with van der Waals surface area (Å²) in [6.45, 7) is 9.43. The van der Waals surface area contributed by atoms with Crippen LogP contribution in [0.25, 0.3) is 0 Å². The second-order valence-corrected chi connectivity index (χ2v) is 7.63. The van der Waals surface area contributed by atoms with Gasteiger partial charge in [-0.25, -0.2) is 9.87 Å². The maximum Gasteiger partial charge on any atom is 0.278 e. The summed E-state index contributed by atoms with van der Waals surface area (Å²) < 4.78 is 14.2. The molecule has 1 aromatic heterocycles. The molecule has 1 aromatic carbocycles. The lowest BCUT2D eigenvalue weighted by molar-refractivity contribution is 0.0271. The molecular formula is C21H27FN2O3S. The molecule has 1 amide bonds. The zero-order valence-corrected chi connectivity index (χ0v) is 17.8. The van der Waals surface area contributed by atoms with Crippen LogP contribution in [0.15, 0.2) is 18.2 Å². The molecule has 3 rings (SSSR count). The van der Waals surface area contributed by atoms with Gasteiger partial charge in [-0.15, -0.1) is 11.3 Å². The van der Waals surface area contributed by atoms with Crippen molar-refractivity contribution in [2.75, 3.05) is 11.9 Å². The molecule has 28 heavy (non-hydrogen) atoms. The van der Waals surface area contributed by atoms with Gasteiger partial charge in [-0.05, 0) is 62.8 Å². The summed E-state index contributed by atoms with van der Waals surface area (Å²) in [5.41, 5.74) is 4.35. The summed E-state index contributed by atoms with van der Waals surface area (Å²) in [7, 11) is 0. The van der Waals surface area contributed by atoms with Crippen LogP contribution in [0.4, 0.5) is 15.1 Å². The number of nitrogens with one attached hydrogen (secondary N) is 2. The van der Waals surface area contributed by atoms with Gasteiger partial charge in [-0.3, -0.25) is 14.4 Å². The zero-order chi connectivity index (χ0) is 20.8. The number of carbonyl (C=O) groups excluding carboxylic acids is 2. The summed E-state index contributed by atoms with van der Waals surface area (Å²) in [5, 5.41) is 3.37. The molecular weight excluding hydrogens is 379 g/mol. The van der Waals surface area contributed by atoms with E-state index in [2.05, 4.69) is 10.8 Å². The summed E-state index contributed by atoms with van der Waals surface area (Å²) in [5.74, 6) is -0.498. The Bertz CT molecular complexity index is 860. The number of rotatable bonds is 7. The van der Waals surface area contributed by atoms with E-state index < -0.39 is 11.7 Å². The van der Waals surface area contributed by atoms with E-state index in [-0.39, 0.29) is 11.5 Å². The van der Waals surface area contributed by atoms with Crippen LogP contribution in [-0.4, -0.2) is 18.3 Å². The molecule has 152 valence electrons. The van der Waals surface area contributed by atoms with E-state index in [1.165, 1.54) is 13.0 Å². The molecule has 0 radical (unpaired) electrons. The van der Waals surface area contributed by atoms with Crippen LogP contribution in [0.1, 0.15) is 64.8 Å². The minimum Gasteiger partial charge on any atom is -0.344 e. The van der Waals surface area contributed by atoms with Gasteiger partial charge < -0.3 is 5.32 Å². The molecule has 7 heteroatoms. The number of hydroxylamine groups is 1. The molecule has 1 heterocycles. The van der Waals surface area contributed by atoms with Crippen molar-refractivity contribution in [1.82, 2.24) is 5.48 Å². The quantitative estimate of drug-likeness (QED) is 0.467. The monoisotopic (exact) mass is 406 g/mol. The third-order valence-electron chi connectivity index (χ3n) is 4.25. The van der Waals surface area contributed by atoms with Gasteiger partial charge in [0.1, 0.15) is 10.8 Å². The van der Waals surface area contributed by atoms with Gasteiger partial charge in [0, 0.05) is 0 Å². The van der Waals surface area contributed by atoms with Crippen molar-refractivity contribution < 1.29 is 18.8 Å². The van der Waals surface area contributed by atoms with Crippen LogP contribution >= 0.6 is 11.3 Å². The first-order valence-corrected chi connectivity index (χ1v) is 10.3. The molecule has 0 saturated heterocycles. The van der Waals surface area contributed by atoms with E-state index in [1.54, 1.807) is 26.0 Å². The SMILES string of the molecule is CC.CC(=O)c1sc(Nc2ccc(C)cc2F)c(C(=O)NOCC2CC2)c1C. The van der Waals surface area contributed by atoms with Crippen molar-refractivity contribution in [1.29, 1.82) is 0 Å². The summed E-state index contributed by atoms with van der Waals surface area (Å²) in [6.07, 6.45) is 2.22. The molecule has 2 aromatic rings. The second-order valence-electron chi connectivity index (χ2n) is 6.61. The number of ketones is 1. The van der Waals surface area contributed by atoms with E-state index in [0.717, 1.165) is 29.7 Å². The van der Waals surface area contributed by atoms with Gasteiger partial charge >= 0.3 is 0 Å². The highest BCUT2D eigenvalue weighted by Gasteiger charge is 2.25. The molecule has 0 spiro atoms. The van der Waals surface area contributed by atoms with E-state index in [0.29, 0.717) is 33.5 Å². The van der Waals surface area contributed by atoms with Gasteiger partial charge in [-0.1, -0.05) is 19.9 Å². The van der Waals surface area contributed by atoms with E-state index >= 15 is 0 Å². The van der Waals surface area contributed by atoms with Crippen molar-refractivity contribution >= 4 is 33.7 Å². The van der Waals surface area contributed by atoms with Crippen LogP contribution < -0.4 is 10.8 Å². The normalized spacial score (nSPS) is 12.8. The van der Waals surface area contributed by atoms with Crippen LogP contribution in [0.2, 0.25) is 0 Å². The lowest BCUT2D eigenvalue weighted by Crippen LogP contribution is -2.25. The van der Waals surface area contributed by atoms with Crippen LogP contribution in [0, 0.1) is 25.6 Å². The standard InChI is InChI=1S/C19H21FN2O3S.C2H6/c1-10-4-7-15(14(20)8-10)21-19-16(11(2)17(26-19)12(3)23)18(24)22-25-9-13-5-6-13;1-2/h4,7-8,13,21H,5-6,9H2,1-3H3,(H,22,24);1-2H3. The topological polar surface area (TPSA) is 67.4 Å². The largest absolute Gasteiger partial charge is 0.344 e. The number of thiophene rings is 1. The van der Waals surface area contributed by atoms with E-state index in [9.17, 15) is 14.0 Å². The Balaban J connectivity index is 0.00000136. The Hall–Kier alpha value is -2.25. The van der Waals surface area contributed by atoms with Crippen LogP contribution in [0.5, 0.6) is 0 Å². The highest BCUT2D eigenvalue weighted by molar-refractivity contribution is 7.18. The zero-order valence-electron chi connectivity index (χ0n) is 16.9. The van der Waals surface area contributed by atoms with Crippen molar-refractivity contribution in [3.63, 3.8) is 0 Å². The number of halogens is 1.